The monoisotopic (exact) mass is 286 g/mol. The van der Waals surface area contributed by atoms with Gasteiger partial charge in [-0.25, -0.2) is 0 Å². The van der Waals surface area contributed by atoms with Crippen LogP contribution in [0, 0.1) is 11.3 Å². The molecule has 0 spiro atoms. The summed E-state index contributed by atoms with van der Waals surface area (Å²) in [6.07, 6.45) is 6.88. The minimum Gasteiger partial charge on any atom is -0.314 e. The van der Waals surface area contributed by atoms with Gasteiger partial charge < -0.3 is 5.32 Å². The van der Waals surface area contributed by atoms with Crippen molar-refractivity contribution >= 4 is 5.65 Å². The second-order valence-corrected chi connectivity index (χ2v) is 7.36. The van der Waals surface area contributed by atoms with Gasteiger partial charge in [0.2, 0.25) is 0 Å². The largest absolute Gasteiger partial charge is 0.314 e. The van der Waals surface area contributed by atoms with E-state index in [2.05, 4.69) is 40.7 Å². The molecule has 0 saturated heterocycles. The summed E-state index contributed by atoms with van der Waals surface area (Å²) in [5, 5.41) is 12.2. The molecule has 2 aromatic rings. The van der Waals surface area contributed by atoms with Gasteiger partial charge in [-0.3, -0.25) is 4.40 Å². The predicted octanol–water partition coefficient (Wildman–Crippen LogP) is 3.08. The summed E-state index contributed by atoms with van der Waals surface area (Å²) in [5.41, 5.74) is 1.40. The number of nitrogens with zero attached hydrogens (tertiary/aromatic N) is 3. The first-order chi connectivity index (χ1) is 10.0. The molecule has 0 amide bonds. The zero-order valence-corrected chi connectivity index (χ0v) is 13.3. The Morgan fingerprint density at radius 2 is 2.14 bits per heavy atom. The predicted molar refractivity (Wildman–Crippen MR) is 85.3 cm³/mol. The lowest BCUT2D eigenvalue weighted by molar-refractivity contribution is 0.152. The van der Waals surface area contributed by atoms with E-state index in [4.69, 9.17) is 0 Å². The van der Waals surface area contributed by atoms with E-state index in [9.17, 15) is 0 Å². The molecule has 2 heterocycles. The zero-order valence-electron chi connectivity index (χ0n) is 13.3. The summed E-state index contributed by atoms with van der Waals surface area (Å²) < 4.78 is 2.08. The van der Waals surface area contributed by atoms with Crippen molar-refractivity contribution < 1.29 is 0 Å². The first-order valence-corrected chi connectivity index (χ1v) is 8.05. The van der Waals surface area contributed by atoms with Gasteiger partial charge in [0, 0.05) is 25.2 Å². The van der Waals surface area contributed by atoms with Crippen LogP contribution in [-0.4, -0.2) is 27.2 Å². The average molecular weight is 286 g/mol. The normalized spacial score (nSPS) is 25.3. The maximum absolute atomic E-state index is 4.29. The van der Waals surface area contributed by atoms with Crippen LogP contribution >= 0.6 is 0 Å². The van der Waals surface area contributed by atoms with Crippen molar-refractivity contribution in [3.05, 3.63) is 30.2 Å². The van der Waals surface area contributed by atoms with Crippen LogP contribution in [0.3, 0.4) is 0 Å². The van der Waals surface area contributed by atoms with E-state index in [0.717, 1.165) is 30.4 Å². The lowest BCUT2D eigenvalue weighted by Crippen LogP contribution is -2.41. The van der Waals surface area contributed by atoms with Crippen LogP contribution in [0.15, 0.2) is 24.4 Å². The number of aromatic nitrogens is 3. The van der Waals surface area contributed by atoms with Crippen molar-refractivity contribution in [3.63, 3.8) is 0 Å². The highest BCUT2D eigenvalue weighted by Crippen LogP contribution is 2.38. The van der Waals surface area contributed by atoms with Gasteiger partial charge >= 0.3 is 0 Å². The van der Waals surface area contributed by atoms with Crippen molar-refractivity contribution in [1.82, 2.24) is 19.9 Å². The summed E-state index contributed by atoms with van der Waals surface area (Å²) in [4.78, 5) is 0. The molecule has 1 aliphatic carbocycles. The van der Waals surface area contributed by atoms with Crippen molar-refractivity contribution in [2.45, 2.75) is 52.5 Å². The molecule has 2 aromatic heterocycles. The summed E-state index contributed by atoms with van der Waals surface area (Å²) in [6, 6.07) is 6.66. The van der Waals surface area contributed by atoms with Gasteiger partial charge in [-0.1, -0.05) is 26.8 Å². The summed E-state index contributed by atoms with van der Waals surface area (Å²) in [5.74, 6) is 1.86. The number of pyridine rings is 1. The Balaban J connectivity index is 1.56. The van der Waals surface area contributed by atoms with Crippen molar-refractivity contribution in [2.75, 3.05) is 6.54 Å². The van der Waals surface area contributed by atoms with Crippen molar-refractivity contribution in [1.29, 1.82) is 0 Å². The van der Waals surface area contributed by atoms with Crippen LogP contribution in [0.1, 0.15) is 45.9 Å². The van der Waals surface area contributed by atoms with Crippen molar-refractivity contribution in [2.24, 2.45) is 11.3 Å². The second-order valence-electron chi connectivity index (χ2n) is 7.36. The lowest BCUT2D eigenvalue weighted by atomic mass is 9.70. The van der Waals surface area contributed by atoms with E-state index in [1.165, 1.54) is 19.3 Å². The van der Waals surface area contributed by atoms with Crippen LogP contribution in [0.2, 0.25) is 0 Å². The lowest BCUT2D eigenvalue weighted by Gasteiger charge is -2.39. The number of hydrogen-bond acceptors (Lipinski definition) is 3. The molecule has 4 nitrogen and oxygen atoms in total. The summed E-state index contributed by atoms with van der Waals surface area (Å²) in [7, 11) is 0. The van der Waals surface area contributed by atoms with Gasteiger partial charge in [-0.15, -0.1) is 10.2 Å². The van der Waals surface area contributed by atoms with Gasteiger partial charge in [0.15, 0.2) is 5.65 Å². The van der Waals surface area contributed by atoms with Gasteiger partial charge in [0.25, 0.3) is 0 Å². The summed E-state index contributed by atoms with van der Waals surface area (Å²) >= 11 is 0. The smallest absolute Gasteiger partial charge is 0.160 e. The molecule has 2 atom stereocenters. The SMILES string of the molecule is CC1CC(NCCc2nnc3ccccn23)CC(C)(C)C1. The zero-order chi connectivity index (χ0) is 14.9. The Morgan fingerprint density at radius 1 is 1.29 bits per heavy atom. The molecule has 2 unspecified atom stereocenters. The Bertz CT molecular complexity index is 602. The Hall–Kier alpha value is -1.42. The molecule has 21 heavy (non-hydrogen) atoms. The van der Waals surface area contributed by atoms with E-state index >= 15 is 0 Å². The van der Waals surface area contributed by atoms with Crippen LogP contribution in [0.4, 0.5) is 0 Å². The first kappa shape index (κ1) is 14.5. The number of rotatable bonds is 4. The molecule has 0 aliphatic heterocycles. The van der Waals surface area contributed by atoms with E-state index in [1.807, 2.05) is 24.4 Å². The third kappa shape index (κ3) is 3.43. The van der Waals surface area contributed by atoms with Crippen molar-refractivity contribution in [3.8, 4) is 0 Å². The van der Waals surface area contributed by atoms with E-state index in [-0.39, 0.29) is 0 Å². The Morgan fingerprint density at radius 3 is 2.95 bits per heavy atom. The van der Waals surface area contributed by atoms with Gasteiger partial charge in [-0.05, 0) is 42.7 Å². The molecule has 0 bridgehead atoms. The average Bonchev–Trinajstić information content (AvgIpc) is 2.80. The van der Waals surface area contributed by atoms with Crippen LogP contribution in [0.5, 0.6) is 0 Å². The third-order valence-corrected chi connectivity index (χ3v) is 4.55. The minimum atomic E-state index is 0.469. The molecule has 1 N–H and O–H groups in total. The van der Waals surface area contributed by atoms with E-state index < -0.39 is 0 Å². The topological polar surface area (TPSA) is 42.2 Å². The number of hydrogen-bond donors (Lipinski definition) is 1. The quantitative estimate of drug-likeness (QED) is 0.939. The highest BCUT2D eigenvalue weighted by Gasteiger charge is 2.31. The number of nitrogens with one attached hydrogen (secondary N) is 1. The Kier molecular flexibility index (Phi) is 3.98. The standard InChI is InChI=1S/C17H26N4/c1-13-10-14(12-17(2,3)11-13)18-8-7-16-20-19-15-6-4-5-9-21(15)16/h4-6,9,13-14,18H,7-8,10-12H2,1-3H3. The maximum Gasteiger partial charge on any atom is 0.160 e. The Labute approximate surface area is 127 Å². The maximum atomic E-state index is 4.29. The van der Waals surface area contributed by atoms with Gasteiger partial charge in [0.05, 0.1) is 0 Å². The highest BCUT2D eigenvalue weighted by atomic mass is 15.2. The fourth-order valence-corrected chi connectivity index (χ4v) is 3.95. The van der Waals surface area contributed by atoms with E-state index in [1.54, 1.807) is 0 Å². The molecular formula is C17H26N4. The minimum absolute atomic E-state index is 0.469. The third-order valence-electron chi connectivity index (χ3n) is 4.55. The molecular weight excluding hydrogens is 260 g/mol. The van der Waals surface area contributed by atoms with Crippen LogP contribution < -0.4 is 5.32 Å². The molecule has 114 valence electrons. The molecule has 1 fully saturated rings. The molecule has 0 radical (unpaired) electrons. The first-order valence-electron chi connectivity index (χ1n) is 8.05. The van der Waals surface area contributed by atoms with Crippen LogP contribution in [0.25, 0.3) is 5.65 Å². The molecule has 4 heteroatoms. The fourth-order valence-electron chi connectivity index (χ4n) is 3.95. The van der Waals surface area contributed by atoms with Crippen LogP contribution in [-0.2, 0) is 6.42 Å². The van der Waals surface area contributed by atoms with Gasteiger partial charge in [0.1, 0.15) is 5.82 Å². The fraction of sp³-hybridized carbons (Fsp3) is 0.647. The highest BCUT2D eigenvalue weighted by molar-refractivity contribution is 5.36. The molecule has 0 aromatic carbocycles. The number of fused-ring (bicyclic) bond motifs is 1. The van der Waals surface area contributed by atoms with Gasteiger partial charge in [-0.2, -0.15) is 0 Å². The molecule has 1 aliphatic rings. The van der Waals surface area contributed by atoms with E-state index in [0.29, 0.717) is 11.5 Å². The molecule has 3 rings (SSSR count). The molecule has 1 saturated carbocycles. The summed E-state index contributed by atoms with van der Waals surface area (Å²) in [6.45, 7) is 8.14. The second kappa shape index (κ2) is 5.76.